The molecule has 0 unspecified atom stereocenters. The van der Waals surface area contributed by atoms with Crippen molar-refractivity contribution in [1.29, 1.82) is 0 Å². The molecule has 4 rings (SSSR count). The van der Waals surface area contributed by atoms with Crippen molar-refractivity contribution in [2.75, 3.05) is 19.9 Å². The van der Waals surface area contributed by atoms with E-state index in [1.165, 1.54) is 0 Å². The average Bonchev–Trinajstić information content (AvgIpc) is 3.23. The Bertz CT molecular complexity index is 807. The Kier molecular flexibility index (Phi) is 6.70. The zero-order valence-electron chi connectivity index (χ0n) is 16.2. The molecular weight excluding hydrogens is 395 g/mol. The van der Waals surface area contributed by atoms with E-state index in [4.69, 9.17) is 25.8 Å². The van der Waals surface area contributed by atoms with Gasteiger partial charge in [-0.15, -0.1) is 0 Å². The number of hydrogen-bond donors (Lipinski definition) is 1. The van der Waals surface area contributed by atoms with Crippen molar-refractivity contribution in [3.63, 3.8) is 0 Å². The fourth-order valence-corrected chi connectivity index (χ4v) is 4.12. The van der Waals surface area contributed by atoms with Gasteiger partial charge in [-0.2, -0.15) is 0 Å². The van der Waals surface area contributed by atoms with Crippen LogP contribution in [0, 0.1) is 0 Å². The van der Waals surface area contributed by atoms with E-state index in [-0.39, 0.29) is 12.2 Å². The van der Waals surface area contributed by atoms with E-state index in [9.17, 15) is 9.50 Å². The van der Waals surface area contributed by atoms with Crippen LogP contribution in [0.3, 0.4) is 0 Å². The molecule has 0 aromatic heterocycles. The number of alkyl halides is 1. The van der Waals surface area contributed by atoms with Gasteiger partial charge in [0, 0.05) is 24.3 Å². The SMILES string of the molecule is O[C@H]1C[C@@H](CF)O[C@@H](c2ccc(Cl)c(Cc3ccc(O[C@H]4CCOC4)cc3)c2)C1. The third-order valence-corrected chi connectivity index (χ3v) is 5.87. The molecule has 0 bridgehead atoms. The van der Waals surface area contributed by atoms with E-state index in [1.54, 1.807) is 0 Å². The maximum atomic E-state index is 13.1. The van der Waals surface area contributed by atoms with Crippen molar-refractivity contribution >= 4 is 11.6 Å². The first-order valence-electron chi connectivity index (χ1n) is 10.1. The number of aliphatic hydroxyl groups is 1. The van der Waals surface area contributed by atoms with Crippen LogP contribution in [0.4, 0.5) is 4.39 Å². The van der Waals surface area contributed by atoms with Gasteiger partial charge in [0.05, 0.1) is 31.5 Å². The molecule has 2 saturated heterocycles. The first-order chi connectivity index (χ1) is 14.1. The summed E-state index contributed by atoms with van der Waals surface area (Å²) >= 11 is 6.43. The minimum Gasteiger partial charge on any atom is -0.488 e. The third-order valence-electron chi connectivity index (χ3n) is 5.50. The van der Waals surface area contributed by atoms with E-state index in [1.807, 2.05) is 42.5 Å². The van der Waals surface area contributed by atoms with Crippen LogP contribution in [0.5, 0.6) is 5.75 Å². The van der Waals surface area contributed by atoms with Crippen LogP contribution >= 0.6 is 11.6 Å². The Labute approximate surface area is 175 Å². The maximum absolute atomic E-state index is 13.1. The van der Waals surface area contributed by atoms with E-state index >= 15 is 0 Å². The Morgan fingerprint density at radius 1 is 1.14 bits per heavy atom. The molecule has 4 atom stereocenters. The number of hydrogen-bond acceptors (Lipinski definition) is 4. The van der Waals surface area contributed by atoms with Gasteiger partial charge in [-0.3, -0.25) is 0 Å². The molecule has 0 amide bonds. The molecule has 4 nitrogen and oxygen atoms in total. The van der Waals surface area contributed by atoms with Gasteiger partial charge in [0.2, 0.25) is 0 Å². The van der Waals surface area contributed by atoms with Crippen LogP contribution < -0.4 is 4.74 Å². The molecule has 2 aromatic rings. The number of aliphatic hydroxyl groups excluding tert-OH is 1. The Hall–Kier alpha value is -1.66. The second-order valence-corrected chi connectivity index (χ2v) is 8.21. The molecule has 6 heteroatoms. The fourth-order valence-electron chi connectivity index (χ4n) is 3.94. The fraction of sp³-hybridized carbons (Fsp3) is 0.478. The van der Waals surface area contributed by atoms with E-state index in [0.717, 1.165) is 35.5 Å². The second-order valence-electron chi connectivity index (χ2n) is 7.80. The van der Waals surface area contributed by atoms with Crippen LogP contribution in [0.1, 0.15) is 42.1 Å². The quantitative estimate of drug-likeness (QED) is 0.739. The summed E-state index contributed by atoms with van der Waals surface area (Å²) in [7, 11) is 0. The first-order valence-corrected chi connectivity index (χ1v) is 10.5. The van der Waals surface area contributed by atoms with Gasteiger partial charge in [-0.05, 0) is 41.3 Å². The molecule has 2 fully saturated rings. The lowest BCUT2D eigenvalue weighted by Gasteiger charge is -2.32. The largest absolute Gasteiger partial charge is 0.488 e. The average molecular weight is 421 g/mol. The van der Waals surface area contributed by atoms with Gasteiger partial charge < -0.3 is 19.3 Å². The third kappa shape index (κ3) is 5.28. The lowest BCUT2D eigenvalue weighted by molar-refractivity contribution is -0.104. The summed E-state index contributed by atoms with van der Waals surface area (Å²) in [6.07, 6.45) is 1.11. The molecule has 0 aliphatic carbocycles. The highest BCUT2D eigenvalue weighted by Gasteiger charge is 2.29. The molecule has 2 heterocycles. The summed E-state index contributed by atoms with van der Waals surface area (Å²) in [6, 6.07) is 13.8. The zero-order valence-corrected chi connectivity index (χ0v) is 17.0. The van der Waals surface area contributed by atoms with E-state index < -0.39 is 18.9 Å². The topological polar surface area (TPSA) is 47.9 Å². The van der Waals surface area contributed by atoms with Gasteiger partial charge in [-0.1, -0.05) is 35.9 Å². The minimum absolute atomic E-state index is 0.131. The summed E-state index contributed by atoms with van der Waals surface area (Å²) in [5, 5.41) is 10.7. The Morgan fingerprint density at radius 2 is 1.97 bits per heavy atom. The first kappa shape index (κ1) is 20.6. The smallest absolute Gasteiger partial charge is 0.124 e. The molecule has 2 aliphatic rings. The van der Waals surface area contributed by atoms with Gasteiger partial charge >= 0.3 is 0 Å². The highest BCUT2D eigenvalue weighted by atomic mass is 35.5. The lowest BCUT2D eigenvalue weighted by Crippen LogP contribution is -2.32. The molecule has 29 heavy (non-hydrogen) atoms. The van der Waals surface area contributed by atoms with Gasteiger partial charge in [0.1, 0.15) is 18.5 Å². The molecule has 156 valence electrons. The second kappa shape index (κ2) is 9.43. The normalized spacial score (nSPS) is 27.1. The Morgan fingerprint density at radius 3 is 2.69 bits per heavy atom. The van der Waals surface area contributed by atoms with Crippen molar-refractivity contribution in [2.45, 2.75) is 50.1 Å². The molecule has 0 saturated carbocycles. The van der Waals surface area contributed by atoms with Crippen molar-refractivity contribution in [3.8, 4) is 5.75 Å². The van der Waals surface area contributed by atoms with Crippen molar-refractivity contribution < 1.29 is 23.7 Å². The molecule has 2 aliphatic heterocycles. The van der Waals surface area contributed by atoms with Crippen LogP contribution in [-0.2, 0) is 15.9 Å². The summed E-state index contributed by atoms with van der Waals surface area (Å²) in [4.78, 5) is 0. The van der Waals surface area contributed by atoms with Crippen LogP contribution in [-0.4, -0.2) is 43.3 Å². The Balaban J connectivity index is 1.45. The number of benzene rings is 2. The van der Waals surface area contributed by atoms with E-state index in [2.05, 4.69) is 0 Å². The van der Waals surface area contributed by atoms with Crippen molar-refractivity contribution in [2.24, 2.45) is 0 Å². The summed E-state index contributed by atoms with van der Waals surface area (Å²) in [5.41, 5.74) is 3.01. The maximum Gasteiger partial charge on any atom is 0.124 e. The van der Waals surface area contributed by atoms with Gasteiger partial charge in [0.25, 0.3) is 0 Å². The lowest BCUT2D eigenvalue weighted by atomic mass is 9.94. The summed E-state index contributed by atoms with van der Waals surface area (Å²) in [5.74, 6) is 0.839. The zero-order chi connectivity index (χ0) is 20.2. The predicted molar refractivity (Wildman–Crippen MR) is 109 cm³/mol. The standard InChI is InChI=1S/C23H26ClFO4/c24-22-6-3-16(23-12-18(26)11-21(13-25)29-23)10-17(22)9-15-1-4-19(5-2-15)28-20-7-8-27-14-20/h1-6,10,18,20-21,23,26H,7-9,11-14H2/t18-,20-,21-,23+/m0/s1. The highest BCUT2D eigenvalue weighted by molar-refractivity contribution is 6.31. The van der Waals surface area contributed by atoms with Crippen LogP contribution in [0.25, 0.3) is 0 Å². The summed E-state index contributed by atoms with van der Waals surface area (Å²) in [6.45, 7) is 0.812. The molecular formula is C23H26ClFO4. The van der Waals surface area contributed by atoms with Crippen molar-refractivity contribution in [3.05, 3.63) is 64.2 Å². The number of halogens is 2. The predicted octanol–water partition coefficient (Wildman–Crippen LogP) is 4.65. The molecule has 1 N–H and O–H groups in total. The van der Waals surface area contributed by atoms with Crippen molar-refractivity contribution in [1.82, 2.24) is 0 Å². The van der Waals surface area contributed by atoms with Gasteiger partial charge in [-0.25, -0.2) is 4.39 Å². The molecule has 2 aromatic carbocycles. The summed E-state index contributed by atoms with van der Waals surface area (Å²) < 4.78 is 30.1. The highest BCUT2D eigenvalue weighted by Crippen LogP contribution is 2.34. The number of ether oxygens (including phenoxy) is 3. The van der Waals surface area contributed by atoms with Gasteiger partial charge in [0.15, 0.2) is 0 Å². The monoisotopic (exact) mass is 420 g/mol. The van der Waals surface area contributed by atoms with Crippen LogP contribution in [0.15, 0.2) is 42.5 Å². The molecule has 0 radical (unpaired) electrons. The van der Waals surface area contributed by atoms with Crippen LogP contribution in [0.2, 0.25) is 5.02 Å². The minimum atomic E-state index is -0.588. The van der Waals surface area contributed by atoms with E-state index in [0.29, 0.717) is 30.9 Å². The molecule has 0 spiro atoms. The number of rotatable bonds is 6.